The zero-order valence-electron chi connectivity index (χ0n) is 10.3. The lowest BCUT2D eigenvalue weighted by Crippen LogP contribution is -2.04. The normalized spacial score (nSPS) is 17.7. The molecule has 5 heteroatoms. The highest BCUT2D eigenvalue weighted by Crippen LogP contribution is 2.52. The molecule has 4 nitrogen and oxygen atoms in total. The first-order valence-corrected chi connectivity index (χ1v) is 7.34. The number of allylic oxidation sites excluding steroid dienone is 2. The van der Waals surface area contributed by atoms with Gasteiger partial charge in [0.1, 0.15) is 5.76 Å². The van der Waals surface area contributed by atoms with Crippen LogP contribution in [0.5, 0.6) is 0 Å². The summed E-state index contributed by atoms with van der Waals surface area (Å²) in [5, 5.41) is 0. The average molecular weight is 248 g/mol. The fraction of sp³-hybridized carbons (Fsp3) is 0.818. The SMILES string of the molecule is CCOP(=O)(OCC)OC1=C(C)CCCC1. The standard InChI is InChI=1S/C11H21O4P/c1-4-13-16(12,14-5-2)15-11-9-7-6-8-10(11)3/h4-9H2,1-3H3. The summed E-state index contributed by atoms with van der Waals surface area (Å²) in [6.45, 7) is 6.21. The molecule has 0 fully saturated rings. The van der Waals surface area contributed by atoms with E-state index in [1.165, 1.54) is 6.42 Å². The van der Waals surface area contributed by atoms with Crippen LogP contribution >= 0.6 is 7.82 Å². The van der Waals surface area contributed by atoms with Crippen LogP contribution in [0.1, 0.15) is 46.5 Å². The van der Waals surface area contributed by atoms with Crippen molar-refractivity contribution in [2.45, 2.75) is 46.5 Å². The summed E-state index contributed by atoms with van der Waals surface area (Å²) in [6.07, 6.45) is 4.08. The highest BCUT2D eigenvalue weighted by atomic mass is 31.2. The van der Waals surface area contributed by atoms with Gasteiger partial charge >= 0.3 is 7.82 Å². The minimum Gasteiger partial charge on any atom is -0.409 e. The van der Waals surface area contributed by atoms with Crippen molar-refractivity contribution in [1.82, 2.24) is 0 Å². The quantitative estimate of drug-likeness (QED) is 0.665. The highest BCUT2D eigenvalue weighted by molar-refractivity contribution is 7.48. The zero-order valence-corrected chi connectivity index (χ0v) is 11.2. The lowest BCUT2D eigenvalue weighted by molar-refractivity contribution is 0.140. The monoisotopic (exact) mass is 248 g/mol. The molecule has 0 aromatic carbocycles. The molecule has 1 aliphatic carbocycles. The van der Waals surface area contributed by atoms with Gasteiger partial charge in [0.05, 0.1) is 13.2 Å². The first-order chi connectivity index (χ1) is 7.61. The molecule has 0 heterocycles. The molecule has 0 aromatic heterocycles. The molecule has 0 spiro atoms. The second-order valence-corrected chi connectivity index (χ2v) is 5.38. The first-order valence-electron chi connectivity index (χ1n) is 5.88. The van der Waals surface area contributed by atoms with Crippen molar-refractivity contribution in [3.8, 4) is 0 Å². The largest absolute Gasteiger partial charge is 0.529 e. The van der Waals surface area contributed by atoms with E-state index in [0.717, 1.165) is 30.6 Å². The van der Waals surface area contributed by atoms with E-state index in [0.29, 0.717) is 13.2 Å². The van der Waals surface area contributed by atoms with Crippen LogP contribution in [-0.2, 0) is 18.1 Å². The predicted octanol–water partition coefficient (Wildman–Crippen LogP) is 4.03. The number of rotatable bonds is 6. The maximum absolute atomic E-state index is 12.1. The summed E-state index contributed by atoms with van der Waals surface area (Å²) < 4.78 is 27.8. The fourth-order valence-corrected chi connectivity index (χ4v) is 3.02. The second kappa shape index (κ2) is 6.43. The van der Waals surface area contributed by atoms with E-state index in [1.807, 2.05) is 6.92 Å². The van der Waals surface area contributed by atoms with Crippen LogP contribution in [0.2, 0.25) is 0 Å². The van der Waals surface area contributed by atoms with E-state index in [2.05, 4.69) is 0 Å². The van der Waals surface area contributed by atoms with Crippen LogP contribution in [-0.4, -0.2) is 13.2 Å². The Kier molecular flexibility index (Phi) is 5.53. The Balaban J connectivity index is 2.70. The molecule has 0 bridgehead atoms. The van der Waals surface area contributed by atoms with Crippen molar-refractivity contribution in [1.29, 1.82) is 0 Å². The summed E-state index contributed by atoms with van der Waals surface area (Å²) in [6, 6.07) is 0. The molecule has 16 heavy (non-hydrogen) atoms. The maximum Gasteiger partial charge on any atom is 0.529 e. The topological polar surface area (TPSA) is 44.8 Å². The predicted molar refractivity (Wildman–Crippen MR) is 63.1 cm³/mol. The van der Waals surface area contributed by atoms with Crippen LogP contribution in [0.4, 0.5) is 0 Å². The Morgan fingerprint density at radius 3 is 2.19 bits per heavy atom. The van der Waals surface area contributed by atoms with Crippen molar-refractivity contribution < 1.29 is 18.1 Å². The van der Waals surface area contributed by atoms with Crippen LogP contribution in [0.15, 0.2) is 11.3 Å². The first kappa shape index (κ1) is 13.8. The second-order valence-electron chi connectivity index (χ2n) is 3.78. The van der Waals surface area contributed by atoms with Gasteiger partial charge in [-0.25, -0.2) is 4.57 Å². The van der Waals surface area contributed by atoms with Crippen molar-refractivity contribution in [2.24, 2.45) is 0 Å². The summed E-state index contributed by atoms with van der Waals surface area (Å²) in [5.41, 5.74) is 1.16. The summed E-state index contributed by atoms with van der Waals surface area (Å²) >= 11 is 0. The van der Waals surface area contributed by atoms with Gasteiger partial charge in [-0.15, -0.1) is 0 Å². The molecule has 0 radical (unpaired) electrons. The van der Waals surface area contributed by atoms with E-state index in [9.17, 15) is 4.57 Å². The molecule has 1 rings (SSSR count). The Hall–Kier alpha value is -0.310. The van der Waals surface area contributed by atoms with Gasteiger partial charge < -0.3 is 4.52 Å². The van der Waals surface area contributed by atoms with E-state index in [1.54, 1.807) is 13.8 Å². The highest BCUT2D eigenvalue weighted by Gasteiger charge is 2.29. The third-order valence-corrected chi connectivity index (χ3v) is 4.07. The molecule has 0 saturated heterocycles. The van der Waals surface area contributed by atoms with Crippen LogP contribution in [0.3, 0.4) is 0 Å². The Bertz CT molecular complexity index is 288. The molecule has 0 saturated carbocycles. The molecule has 94 valence electrons. The Morgan fingerprint density at radius 1 is 1.12 bits per heavy atom. The molecular formula is C11H21O4P. The lowest BCUT2D eigenvalue weighted by Gasteiger charge is -2.23. The summed E-state index contributed by atoms with van der Waals surface area (Å²) in [4.78, 5) is 0. The molecule has 0 amide bonds. The molecule has 0 N–H and O–H groups in total. The minimum absolute atomic E-state index is 0.323. The smallest absolute Gasteiger partial charge is 0.409 e. The van der Waals surface area contributed by atoms with E-state index >= 15 is 0 Å². The van der Waals surface area contributed by atoms with Crippen molar-refractivity contribution >= 4 is 7.82 Å². The number of phosphoric acid groups is 1. The van der Waals surface area contributed by atoms with Gasteiger partial charge in [0.15, 0.2) is 0 Å². The fourth-order valence-electron chi connectivity index (χ4n) is 1.69. The third-order valence-electron chi connectivity index (χ3n) is 2.48. The van der Waals surface area contributed by atoms with Crippen LogP contribution < -0.4 is 0 Å². The number of phosphoric ester groups is 1. The number of hydrogen-bond acceptors (Lipinski definition) is 4. The summed E-state index contributed by atoms with van der Waals surface area (Å²) in [7, 11) is -3.38. The maximum atomic E-state index is 12.1. The molecular weight excluding hydrogens is 227 g/mol. The molecule has 0 aromatic rings. The van der Waals surface area contributed by atoms with Gasteiger partial charge in [-0.05, 0) is 45.6 Å². The van der Waals surface area contributed by atoms with Gasteiger partial charge in [0, 0.05) is 6.42 Å². The van der Waals surface area contributed by atoms with E-state index in [-0.39, 0.29) is 0 Å². The summed E-state index contributed by atoms with van der Waals surface area (Å²) in [5.74, 6) is 0.788. The van der Waals surface area contributed by atoms with Crippen molar-refractivity contribution in [3.05, 3.63) is 11.3 Å². The van der Waals surface area contributed by atoms with Gasteiger partial charge in [-0.3, -0.25) is 9.05 Å². The van der Waals surface area contributed by atoms with Crippen molar-refractivity contribution in [2.75, 3.05) is 13.2 Å². The van der Waals surface area contributed by atoms with Gasteiger partial charge in [0.25, 0.3) is 0 Å². The van der Waals surface area contributed by atoms with E-state index < -0.39 is 7.82 Å². The molecule has 0 aliphatic heterocycles. The molecule has 1 aliphatic rings. The average Bonchev–Trinajstić information content (AvgIpc) is 2.22. The van der Waals surface area contributed by atoms with Crippen LogP contribution in [0, 0.1) is 0 Å². The van der Waals surface area contributed by atoms with Gasteiger partial charge in [0.2, 0.25) is 0 Å². The van der Waals surface area contributed by atoms with E-state index in [4.69, 9.17) is 13.6 Å². The molecule has 0 unspecified atom stereocenters. The lowest BCUT2D eigenvalue weighted by atomic mass is 9.99. The molecule has 0 atom stereocenters. The third kappa shape index (κ3) is 3.93. The van der Waals surface area contributed by atoms with Crippen LogP contribution in [0.25, 0.3) is 0 Å². The van der Waals surface area contributed by atoms with Gasteiger partial charge in [-0.2, -0.15) is 0 Å². The Labute approximate surface area is 97.6 Å². The zero-order chi connectivity index (χ0) is 12.0. The van der Waals surface area contributed by atoms with Crippen molar-refractivity contribution in [3.63, 3.8) is 0 Å². The Morgan fingerprint density at radius 2 is 1.69 bits per heavy atom. The van der Waals surface area contributed by atoms with Gasteiger partial charge in [-0.1, -0.05) is 0 Å². The minimum atomic E-state index is -3.38. The number of hydrogen-bond donors (Lipinski definition) is 0.